The normalized spacial score (nSPS) is 23.4. The molecular formula is C28H31NO6. The molecule has 1 aliphatic carbocycles. The van der Waals surface area contributed by atoms with Crippen molar-refractivity contribution in [1.29, 1.82) is 0 Å². The van der Waals surface area contributed by atoms with Crippen molar-refractivity contribution in [2.24, 2.45) is 5.41 Å². The summed E-state index contributed by atoms with van der Waals surface area (Å²) >= 11 is 0. The number of allylic oxidation sites excluding steroid dienone is 2. The average Bonchev–Trinajstić information content (AvgIpc) is 3.09. The molecule has 0 spiro atoms. The number of ether oxygens (including phenoxy) is 1. The summed E-state index contributed by atoms with van der Waals surface area (Å²) in [4.78, 5) is 41.4. The van der Waals surface area contributed by atoms with E-state index in [4.69, 9.17) is 9.15 Å². The predicted molar refractivity (Wildman–Crippen MR) is 130 cm³/mol. The number of ketones is 1. The monoisotopic (exact) mass is 477 g/mol. The number of hydrogen-bond donors (Lipinski definition) is 1. The summed E-state index contributed by atoms with van der Waals surface area (Å²) in [6, 6.07) is 3.39. The number of likely N-dealkylation sites (N-methyl/N-ethyl adjacent to an activating group) is 1. The van der Waals surface area contributed by atoms with Gasteiger partial charge in [-0.25, -0.2) is 4.79 Å². The maximum Gasteiger partial charge on any atom is 0.335 e. The lowest BCUT2D eigenvalue weighted by Crippen LogP contribution is -2.51. The smallest absolute Gasteiger partial charge is 0.335 e. The van der Waals surface area contributed by atoms with Crippen LogP contribution >= 0.6 is 0 Å². The molecule has 0 unspecified atom stereocenters. The minimum absolute atomic E-state index is 0.0790. The molecule has 1 aromatic carbocycles. The van der Waals surface area contributed by atoms with Crippen molar-refractivity contribution in [2.75, 3.05) is 7.05 Å². The zero-order valence-electron chi connectivity index (χ0n) is 21.3. The molecule has 7 heteroatoms. The van der Waals surface area contributed by atoms with Crippen molar-refractivity contribution < 1.29 is 28.6 Å². The number of aryl methyl sites for hydroxylation is 1. The van der Waals surface area contributed by atoms with Crippen LogP contribution in [0.2, 0.25) is 0 Å². The topological polar surface area (TPSA) is 97.0 Å². The fraction of sp³-hybridized carbons (Fsp3) is 0.464. The van der Waals surface area contributed by atoms with Crippen molar-refractivity contribution >= 4 is 28.6 Å². The molecule has 0 radical (unpaired) electrons. The lowest BCUT2D eigenvalue weighted by atomic mass is 9.67. The highest BCUT2D eigenvalue weighted by atomic mass is 16.5. The van der Waals surface area contributed by atoms with E-state index in [0.29, 0.717) is 69.8 Å². The van der Waals surface area contributed by atoms with E-state index < -0.39 is 17.4 Å². The lowest BCUT2D eigenvalue weighted by molar-refractivity contribution is -0.133. The van der Waals surface area contributed by atoms with E-state index in [-0.39, 0.29) is 22.7 Å². The van der Waals surface area contributed by atoms with Gasteiger partial charge >= 0.3 is 5.97 Å². The van der Waals surface area contributed by atoms with Crippen LogP contribution in [0.1, 0.15) is 80.1 Å². The number of nitrogens with zero attached hydrogens (tertiary/aromatic N) is 1. The van der Waals surface area contributed by atoms with E-state index in [0.717, 1.165) is 0 Å². The van der Waals surface area contributed by atoms with E-state index in [2.05, 4.69) is 0 Å². The number of rotatable bonds is 2. The fourth-order valence-electron chi connectivity index (χ4n) is 5.83. The molecule has 1 N–H and O–H groups in total. The number of benzene rings is 1. The Morgan fingerprint density at radius 2 is 1.69 bits per heavy atom. The van der Waals surface area contributed by atoms with Gasteiger partial charge in [-0.3, -0.25) is 9.59 Å². The largest absolute Gasteiger partial charge is 0.478 e. The molecule has 0 fully saturated rings. The number of Topliss-reactive ketones (excluding diaryl/α,β-unsaturated/α-hetero) is 1. The number of amides is 1. The molecular weight excluding hydrogens is 446 g/mol. The maximum absolute atomic E-state index is 13.8. The van der Waals surface area contributed by atoms with E-state index in [1.54, 1.807) is 37.9 Å². The zero-order chi connectivity index (χ0) is 25.6. The highest BCUT2D eigenvalue weighted by molar-refractivity contribution is 6.07. The number of aromatic carboxylic acids is 1. The number of carbonyl (C=O) groups is 3. The SMILES string of the molecule is Cc1cc2cc(C(=O)O)c(C)c([C@H]3C4=C(CC(C)(C)CC4=O)OC4=C3C(=O)N(C)C(C)(C)C4)c2o1. The lowest BCUT2D eigenvalue weighted by Gasteiger charge is -2.46. The third kappa shape index (κ3) is 3.43. The van der Waals surface area contributed by atoms with Gasteiger partial charge in [-0.1, -0.05) is 13.8 Å². The third-order valence-electron chi connectivity index (χ3n) is 7.79. The van der Waals surface area contributed by atoms with Gasteiger partial charge in [0.25, 0.3) is 5.91 Å². The van der Waals surface area contributed by atoms with Crippen LogP contribution in [0.25, 0.3) is 11.0 Å². The molecule has 184 valence electrons. The summed E-state index contributed by atoms with van der Waals surface area (Å²) in [7, 11) is 1.76. The number of fused-ring (bicyclic) bond motifs is 1. The van der Waals surface area contributed by atoms with Gasteiger partial charge in [-0.15, -0.1) is 0 Å². The first-order valence-corrected chi connectivity index (χ1v) is 11.9. The Kier molecular flexibility index (Phi) is 4.90. The van der Waals surface area contributed by atoms with Gasteiger partial charge in [0.2, 0.25) is 0 Å². The van der Waals surface area contributed by atoms with Crippen LogP contribution in [0, 0.1) is 19.3 Å². The second-order valence-corrected chi connectivity index (χ2v) is 11.5. The van der Waals surface area contributed by atoms with Gasteiger partial charge in [-0.05, 0) is 50.8 Å². The van der Waals surface area contributed by atoms with E-state index in [1.165, 1.54) is 0 Å². The average molecular weight is 478 g/mol. The molecule has 2 aromatic rings. The standard InChI is InChI=1S/C28H31NO6/c1-13-8-15-9-16(26(32)33)14(2)20(24(15)34-13)23-21-17(30)10-27(3,4)11-18(21)35-19-12-28(5,6)29(7)25(31)22(19)23/h8-9,23H,10-12H2,1-7H3,(H,32,33)/t23-/m0/s1. The number of carboxylic acids is 1. The molecule has 1 amide bonds. The van der Waals surface area contributed by atoms with Gasteiger partial charge in [-0.2, -0.15) is 0 Å². The van der Waals surface area contributed by atoms with Crippen molar-refractivity contribution in [3.63, 3.8) is 0 Å². The highest BCUT2D eigenvalue weighted by Gasteiger charge is 2.50. The Morgan fingerprint density at radius 3 is 2.34 bits per heavy atom. The second kappa shape index (κ2) is 7.33. The van der Waals surface area contributed by atoms with Gasteiger partial charge in [0.15, 0.2) is 5.78 Å². The molecule has 1 aromatic heterocycles. The van der Waals surface area contributed by atoms with Crippen LogP contribution in [0.3, 0.4) is 0 Å². The Morgan fingerprint density at radius 1 is 1.03 bits per heavy atom. The fourth-order valence-corrected chi connectivity index (χ4v) is 5.83. The van der Waals surface area contributed by atoms with E-state index in [9.17, 15) is 19.5 Å². The first kappa shape index (κ1) is 23.4. The summed E-state index contributed by atoms with van der Waals surface area (Å²) in [5.74, 6) is -0.349. The summed E-state index contributed by atoms with van der Waals surface area (Å²) in [5, 5.41) is 10.6. The van der Waals surface area contributed by atoms with Crippen LogP contribution in [0.5, 0.6) is 0 Å². The Balaban J connectivity index is 1.88. The first-order valence-electron chi connectivity index (χ1n) is 11.9. The highest BCUT2D eigenvalue weighted by Crippen LogP contribution is 2.54. The molecule has 0 saturated carbocycles. The van der Waals surface area contributed by atoms with E-state index >= 15 is 0 Å². The Bertz CT molecular complexity index is 1400. The number of carbonyl (C=O) groups excluding carboxylic acids is 2. The molecule has 2 aliphatic heterocycles. The van der Waals surface area contributed by atoms with Crippen LogP contribution in [-0.2, 0) is 14.3 Å². The summed E-state index contributed by atoms with van der Waals surface area (Å²) in [5.41, 5.74) is 1.79. The zero-order valence-corrected chi connectivity index (χ0v) is 21.3. The predicted octanol–water partition coefficient (Wildman–Crippen LogP) is 5.40. The maximum atomic E-state index is 13.8. The molecule has 5 rings (SSSR count). The van der Waals surface area contributed by atoms with Crippen LogP contribution < -0.4 is 0 Å². The molecule has 35 heavy (non-hydrogen) atoms. The van der Waals surface area contributed by atoms with Gasteiger partial charge in [0.1, 0.15) is 22.9 Å². The van der Waals surface area contributed by atoms with Crippen LogP contribution in [0.15, 0.2) is 39.2 Å². The quantitative estimate of drug-likeness (QED) is 0.622. The third-order valence-corrected chi connectivity index (χ3v) is 7.79. The number of furan rings is 1. The van der Waals surface area contributed by atoms with Crippen LogP contribution in [-0.4, -0.2) is 40.3 Å². The molecule has 0 saturated heterocycles. The summed E-state index contributed by atoms with van der Waals surface area (Å²) in [6.45, 7) is 11.6. The van der Waals surface area contributed by atoms with Crippen molar-refractivity contribution in [3.8, 4) is 0 Å². The van der Waals surface area contributed by atoms with Crippen molar-refractivity contribution in [2.45, 2.75) is 72.3 Å². The van der Waals surface area contributed by atoms with Gasteiger partial charge < -0.3 is 19.2 Å². The minimum atomic E-state index is -1.07. The molecule has 0 bridgehead atoms. The minimum Gasteiger partial charge on any atom is -0.478 e. The molecule has 1 atom stereocenters. The van der Waals surface area contributed by atoms with Crippen molar-refractivity contribution in [1.82, 2.24) is 4.90 Å². The second-order valence-electron chi connectivity index (χ2n) is 11.5. The Labute approximate surface area is 204 Å². The van der Waals surface area contributed by atoms with E-state index in [1.807, 2.05) is 27.7 Å². The van der Waals surface area contributed by atoms with Gasteiger partial charge in [0.05, 0.1) is 17.1 Å². The van der Waals surface area contributed by atoms with Crippen LogP contribution in [0.4, 0.5) is 0 Å². The number of hydrogen-bond acceptors (Lipinski definition) is 5. The molecule has 7 nitrogen and oxygen atoms in total. The van der Waals surface area contributed by atoms with Crippen molar-refractivity contribution in [3.05, 3.63) is 57.2 Å². The molecule has 3 aliphatic rings. The molecule has 3 heterocycles. The Hall–Kier alpha value is -3.35. The van der Waals surface area contributed by atoms with Gasteiger partial charge in [0, 0.05) is 48.4 Å². The first-order chi connectivity index (χ1) is 16.2. The number of carboxylic acid groups (broad SMARTS) is 1. The summed E-state index contributed by atoms with van der Waals surface area (Å²) < 4.78 is 12.5. The summed E-state index contributed by atoms with van der Waals surface area (Å²) in [6.07, 6.45) is 1.37.